The fourth-order valence-corrected chi connectivity index (χ4v) is 5.11. The van der Waals surface area contributed by atoms with Gasteiger partial charge in [-0.25, -0.2) is 9.59 Å². The average molecular weight is 606 g/mol. The molecule has 2 aromatic carbocycles. The zero-order valence-electron chi connectivity index (χ0n) is 25.4. The van der Waals surface area contributed by atoms with E-state index < -0.39 is 36.2 Å². The van der Waals surface area contributed by atoms with E-state index in [-0.39, 0.29) is 56.8 Å². The minimum atomic E-state index is -0.979. The van der Waals surface area contributed by atoms with Crippen molar-refractivity contribution in [2.75, 3.05) is 19.8 Å². The van der Waals surface area contributed by atoms with E-state index in [1.165, 1.54) is 0 Å². The lowest BCUT2D eigenvalue weighted by Crippen LogP contribution is -2.45. The SMILES string of the molecule is C=CCC[C@H](NC(=O)OCC1c2ccccc2-c2ccccc21)C(=O)O[C@@H](C)CNC(=O)[C@@H](CC=C)CC(=O)N[C@H](C)CO. The Morgan fingerprint density at radius 2 is 1.59 bits per heavy atom. The summed E-state index contributed by atoms with van der Waals surface area (Å²) in [5, 5.41) is 17.1. The molecule has 0 aromatic heterocycles. The highest BCUT2D eigenvalue weighted by molar-refractivity contribution is 5.86. The van der Waals surface area contributed by atoms with Gasteiger partial charge in [0.05, 0.1) is 19.1 Å². The summed E-state index contributed by atoms with van der Waals surface area (Å²) in [6.45, 7) is 10.5. The highest BCUT2D eigenvalue weighted by Crippen LogP contribution is 2.44. The van der Waals surface area contributed by atoms with Gasteiger partial charge in [0.2, 0.25) is 11.8 Å². The standard InChI is InChI=1S/C34H43N3O7/c1-5-7-17-30(33(41)44-23(4)19-35-32(40)24(12-6-2)18-31(39)36-22(3)20-38)37-34(42)43-21-29-27-15-10-8-13-25(27)26-14-9-11-16-28(26)29/h5-6,8-11,13-16,22-24,29-30,38H,1-2,7,12,17-21H2,3-4H3,(H,35,40)(H,36,39)(H,37,42)/t22-,23+,24+,30+/m1/s1. The van der Waals surface area contributed by atoms with E-state index in [0.29, 0.717) is 6.42 Å². The molecule has 3 amide bonds. The Balaban J connectivity index is 1.53. The molecule has 1 aliphatic carbocycles. The fourth-order valence-electron chi connectivity index (χ4n) is 5.11. The number of rotatable bonds is 17. The summed E-state index contributed by atoms with van der Waals surface area (Å²) < 4.78 is 11.1. The van der Waals surface area contributed by atoms with Crippen molar-refractivity contribution in [1.82, 2.24) is 16.0 Å². The van der Waals surface area contributed by atoms with E-state index in [1.54, 1.807) is 26.0 Å². The maximum absolute atomic E-state index is 13.0. The van der Waals surface area contributed by atoms with Gasteiger partial charge in [0.1, 0.15) is 18.8 Å². The van der Waals surface area contributed by atoms with Gasteiger partial charge in [0, 0.05) is 18.4 Å². The van der Waals surface area contributed by atoms with Gasteiger partial charge in [-0.15, -0.1) is 13.2 Å². The molecule has 0 bridgehead atoms. The summed E-state index contributed by atoms with van der Waals surface area (Å²) in [7, 11) is 0. The Bertz CT molecular complexity index is 1280. The van der Waals surface area contributed by atoms with E-state index in [1.807, 2.05) is 36.4 Å². The number of allylic oxidation sites excluding steroid dienone is 2. The summed E-state index contributed by atoms with van der Waals surface area (Å²) in [5.41, 5.74) is 4.38. The number of carbonyl (C=O) groups is 4. The van der Waals surface area contributed by atoms with Crippen LogP contribution < -0.4 is 16.0 Å². The van der Waals surface area contributed by atoms with Crippen LogP contribution in [0.4, 0.5) is 4.79 Å². The third kappa shape index (κ3) is 9.54. The molecule has 236 valence electrons. The van der Waals surface area contributed by atoms with Crippen molar-refractivity contribution in [3.05, 3.63) is 85.0 Å². The highest BCUT2D eigenvalue weighted by Gasteiger charge is 2.30. The maximum Gasteiger partial charge on any atom is 0.407 e. The molecular formula is C34H43N3O7. The molecule has 4 N–H and O–H groups in total. The van der Waals surface area contributed by atoms with Gasteiger partial charge in [-0.3, -0.25) is 9.59 Å². The number of esters is 1. The monoisotopic (exact) mass is 605 g/mol. The number of aliphatic hydroxyl groups is 1. The molecule has 0 aliphatic heterocycles. The number of carbonyl (C=O) groups excluding carboxylic acids is 4. The second kappa shape index (κ2) is 17.0. The second-order valence-corrected chi connectivity index (χ2v) is 11.0. The van der Waals surface area contributed by atoms with Gasteiger partial charge in [0.15, 0.2) is 0 Å². The van der Waals surface area contributed by atoms with E-state index in [2.05, 4.69) is 41.2 Å². The van der Waals surface area contributed by atoms with Crippen LogP contribution >= 0.6 is 0 Å². The molecule has 0 unspecified atom stereocenters. The zero-order chi connectivity index (χ0) is 32.1. The van der Waals surface area contributed by atoms with Crippen molar-refractivity contribution in [1.29, 1.82) is 0 Å². The van der Waals surface area contributed by atoms with Crippen molar-refractivity contribution < 1.29 is 33.8 Å². The lowest BCUT2D eigenvalue weighted by molar-refractivity contribution is -0.151. The number of hydrogen-bond acceptors (Lipinski definition) is 7. The number of alkyl carbamates (subject to hydrolysis) is 1. The Morgan fingerprint density at radius 3 is 2.18 bits per heavy atom. The van der Waals surface area contributed by atoms with E-state index >= 15 is 0 Å². The summed E-state index contributed by atoms with van der Waals surface area (Å²) in [4.78, 5) is 50.8. The molecule has 2 aromatic rings. The molecule has 3 rings (SSSR count). The van der Waals surface area contributed by atoms with Crippen molar-refractivity contribution in [2.45, 2.75) is 63.6 Å². The van der Waals surface area contributed by atoms with Crippen LogP contribution in [-0.2, 0) is 23.9 Å². The second-order valence-electron chi connectivity index (χ2n) is 11.0. The summed E-state index contributed by atoms with van der Waals surface area (Å²) in [6, 6.07) is 14.6. The van der Waals surface area contributed by atoms with Crippen molar-refractivity contribution in [2.24, 2.45) is 5.92 Å². The van der Waals surface area contributed by atoms with Gasteiger partial charge in [-0.1, -0.05) is 60.7 Å². The topological polar surface area (TPSA) is 143 Å². The molecule has 0 spiro atoms. The Kier molecular flexibility index (Phi) is 13.2. The Hall–Kier alpha value is -4.44. The van der Waals surface area contributed by atoms with Crippen molar-refractivity contribution in [3.63, 3.8) is 0 Å². The number of nitrogens with one attached hydrogen (secondary N) is 3. The van der Waals surface area contributed by atoms with E-state index in [9.17, 15) is 19.2 Å². The normalized spacial score (nSPS) is 14.5. The Labute approximate surface area is 258 Å². The molecule has 0 fully saturated rings. The van der Waals surface area contributed by atoms with Crippen LogP contribution in [0.2, 0.25) is 0 Å². The largest absolute Gasteiger partial charge is 0.459 e. The minimum Gasteiger partial charge on any atom is -0.459 e. The fraction of sp³-hybridized carbons (Fsp3) is 0.412. The third-order valence-corrected chi connectivity index (χ3v) is 7.40. The molecule has 0 heterocycles. The van der Waals surface area contributed by atoms with Crippen LogP contribution in [-0.4, -0.2) is 66.9 Å². The Morgan fingerprint density at radius 1 is 0.955 bits per heavy atom. The molecule has 4 atom stereocenters. The molecule has 0 saturated heterocycles. The predicted molar refractivity (Wildman–Crippen MR) is 168 cm³/mol. The molecule has 44 heavy (non-hydrogen) atoms. The minimum absolute atomic E-state index is 0.00595. The smallest absolute Gasteiger partial charge is 0.407 e. The van der Waals surface area contributed by atoms with Gasteiger partial charge >= 0.3 is 12.1 Å². The first kappa shape index (κ1) is 34.1. The molecular weight excluding hydrogens is 562 g/mol. The predicted octanol–water partition coefficient (Wildman–Crippen LogP) is 3.99. The molecule has 0 radical (unpaired) electrons. The summed E-state index contributed by atoms with van der Waals surface area (Å²) in [6.07, 6.45) is 2.65. The number of ether oxygens (including phenoxy) is 2. The first-order chi connectivity index (χ1) is 21.2. The highest BCUT2D eigenvalue weighted by atomic mass is 16.6. The lowest BCUT2D eigenvalue weighted by Gasteiger charge is -2.22. The number of hydrogen-bond donors (Lipinski definition) is 4. The van der Waals surface area contributed by atoms with Crippen LogP contribution in [0.3, 0.4) is 0 Å². The van der Waals surface area contributed by atoms with E-state index in [0.717, 1.165) is 22.3 Å². The number of aliphatic hydroxyl groups excluding tert-OH is 1. The van der Waals surface area contributed by atoms with Crippen LogP contribution in [0.25, 0.3) is 11.1 Å². The average Bonchev–Trinajstić information content (AvgIpc) is 3.33. The first-order valence-electron chi connectivity index (χ1n) is 14.9. The van der Waals surface area contributed by atoms with Gasteiger partial charge < -0.3 is 30.5 Å². The summed E-state index contributed by atoms with van der Waals surface area (Å²) >= 11 is 0. The zero-order valence-corrected chi connectivity index (χ0v) is 25.4. The molecule has 10 heteroatoms. The van der Waals surface area contributed by atoms with Crippen LogP contribution in [0, 0.1) is 5.92 Å². The molecule has 0 saturated carbocycles. The third-order valence-electron chi connectivity index (χ3n) is 7.40. The number of amides is 3. The van der Waals surface area contributed by atoms with Crippen LogP contribution in [0.5, 0.6) is 0 Å². The van der Waals surface area contributed by atoms with Crippen LogP contribution in [0.1, 0.15) is 56.6 Å². The van der Waals surface area contributed by atoms with Gasteiger partial charge in [-0.05, 0) is 55.4 Å². The maximum atomic E-state index is 13.0. The van der Waals surface area contributed by atoms with Gasteiger partial charge in [0.25, 0.3) is 0 Å². The summed E-state index contributed by atoms with van der Waals surface area (Å²) in [5.74, 6) is -2.21. The van der Waals surface area contributed by atoms with Crippen molar-refractivity contribution >= 4 is 23.9 Å². The van der Waals surface area contributed by atoms with E-state index in [4.69, 9.17) is 14.6 Å². The van der Waals surface area contributed by atoms with Crippen LogP contribution in [0.15, 0.2) is 73.8 Å². The number of benzene rings is 2. The quantitative estimate of drug-likeness (QED) is 0.158. The first-order valence-corrected chi connectivity index (χ1v) is 14.9. The molecule has 10 nitrogen and oxygen atoms in total. The lowest BCUT2D eigenvalue weighted by atomic mass is 9.98. The van der Waals surface area contributed by atoms with Gasteiger partial charge in [-0.2, -0.15) is 0 Å². The molecule has 1 aliphatic rings. The number of fused-ring (bicyclic) bond motifs is 3. The van der Waals surface area contributed by atoms with Crippen molar-refractivity contribution in [3.8, 4) is 11.1 Å².